The first-order valence-corrected chi connectivity index (χ1v) is 4.84. The van der Waals surface area contributed by atoms with E-state index in [0.29, 0.717) is 0 Å². The predicted molar refractivity (Wildman–Crippen MR) is 52.7 cm³/mol. The van der Waals surface area contributed by atoms with Crippen LogP contribution in [-0.4, -0.2) is 25.0 Å². The van der Waals surface area contributed by atoms with E-state index in [1.165, 1.54) is 0 Å². The number of ether oxygens (including phenoxy) is 1. The molecule has 0 radical (unpaired) electrons. The fourth-order valence-electron chi connectivity index (χ4n) is 0.235. The van der Waals surface area contributed by atoms with Crippen LogP contribution in [0.25, 0.3) is 0 Å². The average Bonchev–Trinajstić information content (AvgIpc) is 1.82. The van der Waals surface area contributed by atoms with Gasteiger partial charge in [-0.15, -0.1) is 0 Å². The van der Waals surface area contributed by atoms with Crippen molar-refractivity contribution in [3.63, 3.8) is 0 Å². The topological polar surface area (TPSA) is 46.5 Å². The van der Waals surface area contributed by atoms with Crippen LogP contribution in [0.15, 0.2) is 0 Å². The minimum absolute atomic E-state index is 1.34. The summed E-state index contributed by atoms with van der Waals surface area (Å²) in [5.41, 5.74) is 0. The third-order valence-electron chi connectivity index (χ3n) is 0.730. The fourth-order valence-corrected chi connectivity index (χ4v) is 0.502. The maximum Gasteiger partial charge on any atom is 0.361 e. The van der Waals surface area contributed by atoms with Crippen LogP contribution in [0.5, 0.6) is 0 Å². The summed E-state index contributed by atoms with van der Waals surface area (Å²) in [6.45, 7) is 0. The first kappa shape index (κ1) is 14.2. The van der Waals surface area contributed by atoms with Crippen LogP contribution in [0.4, 0.5) is 0 Å². The van der Waals surface area contributed by atoms with Crippen molar-refractivity contribution in [2.45, 2.75) is 13.9 Å². The van der Waals surface area contributed by atoms with Gasteiger partial charge in [0.1, 0.15) is 0 Å². The molecule has 0 rings (SSSR count). The molecule has 0 spiro atoms. The van der Waals surface area contributed by atoms with E-state index >= 15 is 0 Å². The van der Waals surface area contributed by atoms with Gasteiger partial charge in [0, 0.05) is 0 Å². The molecule has 1 N–H and O–H groups in total. The van der Waals surface area contributed by atoms with Gasteiger partial charge in [0.2, 0.25) is 6.29 Å². The van der Waals surface area contributed by atoms with Crippen molar-refractivity contribution in [1.82, 2.24) is 0 Å². The Labute approximate surface area is 104 Å². The molecule has 0 heterocycles. The molecule has 0 fully saturated rings. The van der Waals surface area contributed by atoms with Crippen molar-refractivity contribution in [3.05, 3.63) is 0 Å². The second-order valence-electron chi connectivity index (χ2n) is 1.80. The Bertz CT molecular complexity index is 193. The summed E-state index contributed by atoms with van der Waals surface area (Å²) in [5.74, 6) is -1.34. The molecular weight excluding hydrogens is 309 g/mol. The molecule has 0 aromatic rings. The number of aliphatic hydroxyl groups excluding tert-OH is 1. The Hall–Kier alpha value is 1.17. The Morgan fingerprint density at radius 3 is 1.77 bits per heavy atom. The Balaban J connectivity index is 4.24. The largest absolute Gasteiger partial charge is 0.428 e. The molecule has 13 heavy (non-hydrogen) atoms. The minimum Gasteiger partial charge on any atom is -0.428 e. The van der Waals surface area contributed by atoms with E-state index in [4.69, 9.17) is 74.7 Å². The number of aliphatic hydroxyl groups is 1. The van der Waals surface area contributed by atoms with Crippen molar-refractivity contribution in [1.29, 1.82) is 0 Å². The zero-order valence-corrected chi connectivity index (χ0v) is 10.1. The lowest BCUT2D eigenvalue weighted by Crippen LogP contribution is -2.35. The minimum atomic E-state index is -2.32. The molecule has 0 saturated heterocycles. The standard InChI is InChI=1S/C4H2Cl6O3/c5-3(6,7)1(11)13-2(12)4(8,9)10/h1,11H. The van der Waals surface area contributed by atoms with Gasteiger partial charge in [0.15, 0.2) is 0 Å². The van der Waals surface area contributed by atoms with Gasteiger partial charge in [-0.25, -0.2) is 4.79 Å². The Morgan fingerprint density at radius 1 is 1.15 bits per heavy atom. The van der Waals surface area contributed by atoms with Crippen molar-refractivity contribution in [2.75, 3.05) is 0 Å². The molecule has 1 atom stereocenters. The van der Waals surface area contributed by atoms with E-state index in [-0.39, 0.29) is 0 Å². The molecule has 1 unspecified atom stereocenters. The van der Waals surface area contributed by atoms with Gasteiger partial charge in [-0.3, -0.25) is 0 Å². The van der Waals surface area contributed by atoms with Crippen molar-refractivity contribution < 1.29 is 14.6 Å². The summed E-state index contributed by atoms with van der Waals surface area (Å²) in [4.78, 5) is 10.8. The Morgan fingerprint density at radius 2 is 1.54 bits per heavy atom. The van der Waals surface area contributed by atoms with E-state index < -0.39 is 19.8 Å². The van der Waals surface area contributed by atoms with Crippen LogP contribution in [-0.2, 0) is 9.53 Å². The predicted octanol–water partition coefficient (Wildman–Crippen LogP) is 2.59. The quantitative estimate of drug-likeness (QED) is 0.460. The lowest BCUT2D eigenvalue weighted by molar-refractivity contribution is -0.165. The number of carbonyl (C=O) groups excluding carboxylic acids is 1. The molecule has 0 aromatic heterocycles. The molecule has 78 valence electrons. The van der Waals surface area contributed by atoms with Crippen LogP contribution >= 0.6 is 69.6 Å². The SMILES string of the molecule is O=C(OC(O)C(Cl)(Cl)Cl)C(Cl)(Cl)Cl. The number of alkyl halides is 6. The summed E-state index contributed by atoms with van der Waals surface area (Å²) < 4.78 is -0.407. The van der Waals surface area contributed by atoms with Crippen LogP contribution in [0.2, 0.25) is 0 Å². The summed E-state index contributed by atoms with van der Waals surface area (Å²) in [6.07, 6.45) is -2.00. The van der Waals surface area contributed by atoms with Crippen molar-refractivity contribution >= 4 is 75.6 Å². The Kier molecular flexibility index (Phi) is 5.23. The zero-order valence-electron chi connectivity index (χ0n) is 5.61. The molecule has 0 aliphatic rings. The first-order valence-electron chi connectivity index (χ1n) is 2.57. The monoisotopic (exact) mass is 308 g/mol. The van der Waals surface area contributed by atoms with Gasteiger partial charge in [0.25, 0.3) is 7.59 Å². The lowest BCUT2D eigenvalue weighted by Gasteiger charge is -2.20. The number of rotatable bonds is 1. The summed E-state index contributed by atoms with van der Waals surface area (Å²) in [7, 11) is 0. The van der Waals surface area contributed by atoms with Crippen molar-refractivity contribution in [3.8, 4) is 0 Å². The van der Waals surface area contributed by atoms with E-state index in [0.717, 1.165) is 0 Å². The average molecular weight is 311 g/mol. The van der Waals surface area contributed by atoms with Gasteiger partial charge >= 0.3 is 5.97 Å². The van der Waals surface area contributed by atoms with Gasteiger partial charge in [-0.1, -0.05) is 69.6 Å². The normalized spacial score (nSPS) is 15.3. The fraction of sp³-hybridized carbons (Fsp3) is 0.750. The lowest BCUT2D eigenvalue weighted by atomic mass is 10.7. The molecule has 0 bridgehead atoms. The smallest absolute Gasteiger partial charge is 0.361 e. The van der Waals surface area contributed by atoms with Crippen LogP contribution in [0.3, 0.4) is 0 Å². The summed E-state index contributed by atoms with van der Waals surface area (Å²) >= 11 is 30.7. The van der Waals surface area contributed by atoms with Crippen LogP contribution < -0.4 is 0 Å². The number of hydrogen-bond donors (Lipinski definition) is 1. The van der Waals surface area contributed by atoms with Crippen LogP contribution in [0, 0.1) is 0 Å². The highest BCUT2D eigenvalue weighted by atomic mass is 35.6. The molecule has 0 aliphatic heterocycles. The number of esters is 1. The molecule has 0 saturated carbocycles. The number of carbonyl (C=O) groups is 1. The van der Waals surface area contributed by atoms with E-state index in [1.807, 2.05) is 0 Å². The molecule has 0 aliphatic carbocycles. The highest BCUT2D eigenvalue weighted by Gasteiger charge is 2.40. The van der Waals surface area contributed by atoms with Gasteiger partial charge < -0.3 is 9.84 Å². The third-order valence-corrected chi connectivity index (χ3v) is 1.75. The maximum absolute atomic E-state index is 10.8. The highest BCUT2D eigenvalue weighted by molar-refractivity contribution is 6.75. The van der Waals surface area contributed by atoms with E-state index in [1.54, 1.807) is 0 Å². The molecule has 0 amide bonds. The molecule has 0 aromatic carbocycles. The van der Waals surface area contributed by atoms with Crippen LogP contribution in [0.1, 0.15) is 0 Å². The molecule has 3 nitrogen and oxygen atoms in total. The second kappa shape index (κ2) is 4.79. The third kappa shape index (κ3) is 5.57. The summed E-state index contributed by atoms with van der Waals surface area (Å²) in [5, 5.41) is 8.90. The second-order valence-corrected chi connectivity index (χ2v) is 6.45. The molecular formula is C4H2Cl6O3. The summed E-state index contributed by atoms with van der Waals surface area (Å²) in [6, 6.07) is 0. The first-order chi connectivity index (χ1) is 5.55. The maximum atomic E-state index is 10.8. The van der Waals surface area contributed by atoms with E-state index in [9.17, 15) is 4.79 Å². The van der Waals surface area contributed by atoms with Gasteiger partial charge in [0.05, 0.1) is 0 Å². The zero-order chi connectivity index (χ0) is 10.9. The highest BCUT2D eigenvalue weighted by Crippen LogP contribution is 2.34. The van der Waals surface area contributed by atoms with Gasteiger partial charge in [-0.05, 0) is 0 Å². The van der Waals surface area contributed by atoms with E-state index in [2.05, 4.69) is 4.74 Å². The number of halogens is 6. The van der Waals surface area contributed by atoms with Gasteiger partial charge in [-0.2, -0.15) is 0 Å². The number of hydrogen-bond acceptors (Lipinski definition) is 3. The molecule has 9 heteroatoms. The van der Waals surface area contributed by atoms with Crippen molar-refractivity contribution in [2.24, 2.45) is 0 Å².